The first-order valence-electron chi connectivity index (χ1n) is 8.56. The first-order chi connectivity index (χ1) is 13.0. The molecule has 1 heterocycles. The average molecular weight is 366 g/mol. The number of aliphatic imine (C=N–C) groups is 1. The minimum Gasteiger partial charge on any atom is -0.497 e. The lowest BCUT2D eigenvalue weighted by Gasteiger charge is -2.22. The third kappa shape index (κ3) is 4.44. The molecule has 0 bridgehead atoms. The molecule has 0 aliphatic carbocycles. The molecule has 0 saturated heterocycles. The number of nitrogens with one attached hydrogen (secondary N) is 2. The fraction of sp³-hybridized carbons (Fsp3) is 0.250. The highest BCUT2D eigenvalue weighted by atomic mass is 16.5. The zero-order valence-electron chi connectivity index (χ0n) is 15.5. The topological polar surface area (TPSA) is 83.0 Å². The van der Waals surface area contributed by atoms with Crippen LogP contribution in [0.3, 0.4) is 0 Å². The van der Waals surface area contributed by atoms with Gasteiger partial charge < -0.3 is 9.64 Å². The number of carbonyl (C=O) groups is 2. The Morgan fingerprint density at radius 1 is 1.22 bits per heavy atom. The van der Waals surface area contributed by atoms with Crippen LogP contribution in [0.1, 0.15) is 28.4 Å². The summed E-state index contributed by atoms with van der Waals surface area (Å²) in [5, 5.41) is 5.28. The standard InChI is InChI=1S/C20H22N4O3/c1-24(2)15-9-7-13(8-10-15)17-12-18(25)22-20(21-17)23-19(26)14-5-4-6-16(11-14)27-3/h4-11,17H,12H2,1-3H3,(H2,21,22,23,25,26)/t17-/m0/s1. The zero-order valence-corrected chi connectivity index (χ0v) is 15.5. The van der Waals surface area contributed by atoms with Crippen molar-refractivity contribution in [2.75, 3.05) is 26.1 Å². The molecule has 7 nitrogen and oxygen atoms in total. The number of amides is 2. The van der Waals surface area contributed by atoms with Crippen LogP contribution in [0, 0.1) is 0 Å². The van der Waals surface area contributed by atoms with Gasteiger partial charge in [-0.25, -0.2) is 4.99 Å². The van der Waals surface area contributed by atoms with Gasteiger partial charge in [0.15, 0.2) is 0 Å². The molecule has 1 aliphatic rings. The second-order valence-electron chi connectivity index (χ2n) is 6.42. The van der Waals surface area contributed by atoms with Crippen LogP contribution in [0.15, 0.2) is 53.5 Å². The highest BCUT2D eigenvalue weighted by Gasteiger charge is 2.24. The van der Waals surface area contributed by atoms with Crippen molar-refractivity contribution in [1.29, 1.82) is 0 Å². The summed E-state index contributed by atoms with van der Waals surface area (Å²) in [5.41, 5.74) is 2.40. The maximum absolute atomic E-state index is 12.4. The summed E-state index contributed by atoms with van der Waals surface area (Å²) < 4.78 is 5.13. The molecule has 1 aliphatic heterocycles. The minimum absolute atomic E-state index is 0.153. The first-order valence-corrected chi connectivity index (χ1v) is 8.56. The third-order valence-corrected chi connectivity index (χ3v) is 4.28. The molecule has 0 radical (unpaired) electrons. The number of ether oxygens (including phenoxy) is 1. The van der Waals surface area contributed by atoms with Gasteiger partial charge in [-0.15, -0.1) is 0 Å². The van der Waals surface area contributed by atoms with E-state index in [-0.39, 0.29) is 30.2 Å². The highest BCUT2D eigenvalue weighted by Crippen LogP contribution is 2.25. The van der Waals surface area contributed by atoms with Crippen molar-refractivity contribution < 1.29 is 14.3 Å². The summed E-state index contributed by atoms with van der Waals surface area (Å²) in [6.45, 7) is 0. The van der Waals surface area contributed by atoms with E-state index in [1.807, 2.05) is 43.3 Å². The van der Waals surface area contributed by atoms with Crippen LogP contribution in [-0.4, -0.2) is 39.0 Å². The largest absolute Gasteiger partial charge is 0.497 e. The van der Waals surface area contributed by atoms with E-state index in [9.17, 15) is 9.59 Å². The predicted molar refractivity (Wildman–Crippen MR) is 104 cm³/mol. The number of rotatable bonds is 4. The van der Waals surface area contributed by atoms with Crippen LogP contribution in [0.4, 0.5) is 5.69 Å². The van der Waals surface area contributed by atoms with E-state index >= 15 is 0 Å². The molecule has 0 spiro atoms. The number of hydrogen-bond donors (Lipinski definition) is 2. The number of nitrogens with zero attached hydrogens (tertiary/aromatic N) is 2. The smallest absolute Gasteiger partial charge is 0.258 e. The lowest BCUT2D eigenvalue weighted by Crippen LogP contribution is -2.47. The van der Waals surface area contributed by atoms with Gasteiger partial charge in [-0.1, -0.05) is 18.2 Å². The minimum atomic E-state index is -0.364. The molecule has 7 heteroatoms. The van der Waals surface area contributed by atoms with Gasteiger partial charge in [0.1, 0.15) is 5.75 Å². The number of benzene rings is 2. The maximum atomic E-state index is 12.4. The average Bonchev–Trinajstić information content (AvgIpc) is 2.67. The van der Waals surface area contributed by atoms with E-state index in [0.717, 1.165) is 11.3 Å². The second kappa shape index (κ2) is 7.90. The van der Waals surface area contributed by atoms with E-state index in [1.165, 1.54) is 7.11 Å². The van der Waals surface area contributed by atoms with Crippen molar-refractivity contribution in [1.82, 2.24) is 10.6 Å². The van der Waals surface area contributed by atoms with E-state index in [2.05, 4.69) is 15.6 Å². The van der Waals surface area contributed by atoms with E-state index < -0.39 is 0 Å². The fourth-order valence-corrected chi connectivity index (χ4v) is 2.79. The Bertz CT molecular complexity index is 875. The molecule has 2 amide bonds. The Balaban J connectivity index is 1.78. The number of guanidine groups is 1. The monoisotopic (exact) mass is 366 g/mol. The number of hydrogen-bond acceptors (Lipinski definition) is 5. The van der Waals surface area contributed by atoms with Crippen LogP contribution < -0.4 is 20.3 Å². The molecule has 0 unspecified atom stereocenters. The molecular formula is C20H22N4O3. The van der Waals surface area contributed by atoms with Crippen molar-refractivity contribution in [3.63, 3.8) is 0 Å². The third-order valence-electron chi connectivity index (χ3n) is 4.28. The van der Waals surface area contributed by atoms with Crippen LogP contribution >= 0.6 is 0 Å². The molecule has 0 saturated carbocycles. The van der Waals surface area contributed by atoms with Gasteiger partial charge in [0.05, 0.1) is 19.6 Å². The lowest BCUT2D eigenvalue weighted by atomic mass is 10.0. The molecule has 140 valence electrons. The van der Waals surface area contributed by atoms with Gasteiger partial charge in [-0.05, 0) is 35.9 Å². The van der Waals surface area contributed by atoms with Gasteiger partial charge in [0, 0.05) is 25.3 Å². The summed E-state index contributed by atoms with van der Waals surface area (Å²) >= 11 is 0. The number of anilines is 1. The van der Waals surface area contributed by atoms with Gasteiger partial charge >= 0.3 is 0 Å². The van der Waals surface area contributed by atoms with Crippen molar-refractivity contribution in [3.05, 3.63) is 59.7 Å². The van der Waals surface area contributed by atoms with Gasteiger partial charge in [-0.2, -0.15) is 0 Å². The Labute approximate surface area is 158 Å². The first kappa shape index (κ1) is 18.4. The molecule has 0 fully saturated rings. The second-order valence-corrected chi connectivity index (χ2v) is 6.42. The number of carbonyl (C=O) groups excluding carboxylic acids is 2. The summed E-state index contributed by atoms with van der Waals surface area (Å²) in [7, 11) is 5.47. The van der Waals surface area contributed by atoms with Crippen LogP contribution in [0.2, 0.25) is 0 Å². The van der Waals surface area contributed by atoms with Crippen LogP contribution in [0.25, 0.3) is 0 Å². The molecule has 0 aromatic heterocycles. The predicted octanol–water partition coefficient (Wildman–Crippen LogP) is 2.11. The van der Waals surface area contributed by atoms with Crippen LogP contribution in [0.5, 0.6) is 5.75 Å². The SMILES string of the molecule is COc1cccc(C(=O)NC2=N[C@H](c3ccc(N(C)C)cc3)CC(=O)N2)c1. The van der Waals surface area contributed by atoms with Crippen molar-refractivity contribution in [2.45, 2.75) is 12.5 Å². The highest BCUT2D eigenvalue weighted by molar-refractivity contribution is 6.10. The Morgan fingerprint density at radius 3 is 2.63 bits per heavy atom. The van der Waals surface area contributed by atoms with Crippen molar-refractivity contribution >= 4 is 23.5 Å². The normalized spacial score (nSPS) is 16.2. The summed E-state index contributed by atoms with van der Waals surface area (Å²) in [6, 6.07) is 14.3. The Morgan fingerprint density at radius 2 is 1.96 bits per heavy atom. The van der Waals surface area contributed by atoms with Gasteiger partial charge in [0.25, 0.3) is 5.91 Å². The zero-order chi connectivity index (χ0) is 19.4. The summed E-state index contributed by atoms with van der Waals surface area (Å²) in [6.07, 6.45) is 0.236. The Kier molecular flexibility index (Phi) is 5.40. The molecule has 2 aromatic rings. The van der Waals surface area contributed by atoms with E-state index in [1.54, 1.807) is 24.3 Å². The molecule has 27 heavy (non-hydrogen) atoms. The molecule has 3 rings (SSSR count). The van der Waals surface area contributed by atoms with Gasteiger partial charge in [0.2, 0.25) is 11.9 Å². The van der Waals surface area contributed by atoms with Crippen LogP contribution in [-0.2, 0) is 4.79 Å². The Hall–Kier alpha value is -3.35. The molecule has 2 aromatic carbocycles. The maximum Gasteiger partial charge on any atom is 0.258 e. The molecule has 2 N–H and O–H groups in total. The molecular weight excluding hydrogens is 344 g/mol. The molecule has 1 atom stereocenters. The lowest BCUT2D eigenvalue weighted by molar-refractivity contribution is -0.120. The number of methoxy groups -OCH3 is 1. The van der Waals surface area contributed by atoms with Gasteiger partial charge in [-0.3, -0.25) is 20.2 Å². The quantitative estimate of drug-likeness (QED) is 0.868. The summed E-state index contributed by atoms with van der Waals surface area (Å²) in [5.74, 6) is 0.182. The summed E-state index contributed by atoms with van der Waals surface area (Å²) in [4.78, 5) is 31.0. The van der Waals surface area contributed by atoms with E-state index in [0.29, 0.717) is 11.3 Å². The van der Waals surface area contributed by atoms with Crippen molar-refractivity contribution in [2.24, 2.45) is 4.99 Å². The van der Waals surface area contributed by atoms with E-state index in [4.69, 9.17) is 4.74 Å². The fourth-order valence-electron chi connectivity index (χ4n) is 2.79. The van der Waals surface area contributed by atoms with Crippen molar-refractivity contribution in [3.8, 4) is 5.75 Å².